The number of fused-ring (bicyclic) bond motifs is 1. The number of carbonyl (C=O) groups is 1. The Kier molecular flexibility index (Phi) is 5.55. The first-order valence-corrected chi connectivity index (χ1v) is 9.49. The third kappa shape index (κ3) is 3.66. The number of para-hydroxylation sites is 1. The van der Waals surface area contributed by atoms with Gasteiger partial charge < -0.3 is 9.84 Å². The first kappa shape index (κ1) is 21.7. The van der Waals surface area contributed by atoms with Gasteiger partial charge >= 0.3 is 0 Å². The lowest BCUT2D eigenvalue weighted by molar-refractivity contribution is -0.164. The predicted octanol–water partition coefficient (Wildman–Crippen LogP) is 4.33. The first-order chi connectivity index (χ1) is 15.2. The van der Waals surface area contributed by atoms with E-state index in [-0.39, 0.29) is 10.6 Å². The maximum atomic E-state index is 13.6. The molecule has 6 nitrogen and oxygen atoms in total. The first-order valence-electron chi connectivity index (χ1n) is 9.49. The molecule has 4 rings (SSSR count). The number of halogens is 4. The van der Waals surface area contributed by atoms with Gasteiger partial charge in [-0.05, 0) is 24.3 Å². The Hall–Kier alpha value is -3.53. The van der Waals surface area contributed by atoms with Gasteiger partial charge in [0.25, 0.3) is 18.8 Å². The van der Waals surface area contributed by atoms with E-state index in [1.807, 2.05) is 0 Å². The van der Waals surface area contributed by atoms with E-state index in [1.165, 1.54) is 13.2 Å². The minimum atomic E-state index is -3.52. The van der Waals surface area contributed by atoms with Gasteiger partial charge in [0.2, 0.25) is 5.72 Å². The van der Waals surface area contributed by atoms with Crippen LogP contribution in [0.2, 0.25) is 0 Å². The molecule has 2 heterocycles. The number of rotatable bonds is 5. The standard InChI is InChI=1S/C22H17F4N3O3/c1-32-13-6-4-5-12(9-13)17-10-15(14-7-2-3-8-16(14)27-17)20(30)29-22(31,21(25)26)11-18(28-29)19(23)24/h2-10,19,21,31H,11H2,1H3/t22-/m0/s1. The van der Waals surface area contributed by atoms with Crippen molar-refractivity contribution in [3.63, 3.8) is 0 Å². The number of benzene rings is 2. The molecule has 0 fully saturated rings. The summed E-state index contributed by atoms with van der Waals surface area (Å²) in [6.45, 7) is 0. The molecule has 3 aromatic rings. The van der Waals surface area contributed by atoms with E-state index >= 15 is 0 Å². The number of carbonyl (C=O) groups excluding carboxylic acids is 1. The highest BCUT2D eigenvalue weighted by Crippen LogP contribution is 2.36. The van der Waals surface area contributed by atoms with Gasteiger partial charge in [-0.1, -0.05) is 30.3 Å². The number of pyridine rings is 1. The van der Waals surface area contributed by atoms with Gasteiger partial charge in [-0.25, -0.2) is 22.5 Å². The second-order valence-corrected chi connectivity index (χ2v) is 7.17. The Labute approximate surface area is 179 Å². The number of alkyl halides is 4. The fourth-order valence-electron chi connectivity index (χ4n) is 3.50. The van der Waals surface area contributed by atoms with Crippen molar-refractivity contribution < 1.29 is 32.2 Å². The zero-order valence-electron chi connectivity index (χ0n) is 16.7. The molecule has 0 unspecified atom stereocenters. The molecule has 0 saturated carbocycles. The van der Waals surface area contributed by atoms with Crippen LogP contribution in [-0.4, -0.2) is 52.4 Å². The normalized spacial score (nSPS) is 18.5. The van der Waals surface area contributed by atoms with Crippen LogP contribution in [0.3, 0.4) is 0 Å². The average Bonchev–Trinajstić information content (AvgIpc) is 3.17. The molecule has 166 valence electrons. The van der Waals surface area contributed by atoms with E-state index in [1.54, 1.807) is 48.5 Å². The molecule has 1 atom stereocenters. The summed E-state index contributed by atoms with van der Waals surface area (Å²) in [5.41, 5.74) is -3.02. The Bertz CT molecular complexity index is 1220. The minimum Gasteiger partial charge on any atom is -0.497 e. The van der Waals surface area contributed by atoms with E-state index in [9.17, 15) is 27.5 Å². The van der Waals surface area contributed by atoms with Crippen molar-refractivity contribution in [1.82, 2.24) is 9.99 Å². The molecule has 1 aliphatic heterocycles. The molecule has 1 N–H and O–H groups in total. The summed E-state index contributed by atoms with van der Waals surface area (Å²) in [6.07, 6.45) is -7.86. The Morgan fingerprint density at radius 1 is 1.12 bits per heavy atom. The third-order valence-corrected chi connectivity index (χ3v) is 5.14. The molecule has 0 aliphatic carbocycles. The molecule has 0 bridgehead atoms. The van der Waals surface area contributed by atoms with Crippen LogP contribution in [0.4, 0.5) is 17.6 Å². The molecule has 1 aliphatic rings. The molecule has 2 aromatic carbocycles. The van der Waals surface area contributed by atoms with Crippen LogP contribution < -0.4 is 4.74 Å². The van der Waals surface area contributed by atoms with Gasteiger partial charge in [0, 0.05) is 17.4 Å². The van der Waals surface area contributed by atoms with E-state index in [4.69, 9.17) is 4.74 Å². The van der Waals surface area contributed by atoms with Crippen LogP contribution in [0.1, 0.15) is 16.8 Å². The number of hydrazone groups is 1. The fourth-order valence-corrected chi connectivity index (χ4v) is 3.50. The van der Waals surface area contributed by atoms with Crippen molar-refractivity contribution >= 4 is 22.5 Å². The van der Waals surface area contributed by atoms with Crippen molar-refractivity contribution in [2.75, 3.05) is 7.11 Å². The van der Waals surface area contributed by atoms with Crippen molar-refractivity contribution in [2.24, 2.45) is 5.10 Å². The van der Waals surface area contributed by atoms with Gasteiger partial charge in [0.05, 0.1) is 23.9 Å². The van der Waals surface area contributed by atoms with Crippen LogP contribution in [0, 0.1) is 0 Å². The molecule has 0 radical (unpaired) electrons. The Balaban J connectivity index is 1.88. The Morgan fingerprint density at radius 2 is 1.88 bits per heavy atom. The molecule has 0 spiro atoms. The summed E-state index contributed by atoms with van der Waals surface area (Å²) < 4.78 is 58.8. The highest BCUT2D eigenvalue weighted by atomic mass is 19.3. The van der Waals surface area contributed by atoms with Crippen LogP contribution in [0.5, 0.6) is 5.75 Å². The van der Waals surface area contributed by atoms with Crippen molar-refractivity contribution in [3.8, 4) is 17.0 Å². The highest BCUT2D eigenvalue weighted by Gasteiger charge is 2.53. The van der Waals surface area contributed by atoms with Crippen LogP contribution in [-0.2, 0) is 0 Å². The second kappa shape index (κ2) is 8.19. The molecule has 10 heteroatoms. The van der Waals surface area contributed by atoms with Crippen molar-refractivity contribution in [2.45, 2.75) is 25.0 Å². The third-order valence-electron chi connectivity index (χ3n) is 5.14. The van der Waals surface area contributed by atoms with E-state index in [2.05, 4.69) is 10.1 Å². The molecular weight excluding hydrogens is 430 g/mol. The SMILES string of the molecule is COc1cccc(-c2cc(C(=O)N3N=C(C(F)F)C[C@]3(O)C(F)F)c3ccccc3n2)c1. The molecule has 0 saturated heterocycles. The van der Waals surface area contributed by atoms with Crippen molar-refractivity contribution in [3.05, 3.63) is 60.2 Å². The van der Waals surface area contributed by atoms with Crippen molar-refractivity contribution in [1.29, 1.82) is 0 Å². The number of methoxy groups -OCH3 is 1. The van der Waals surface area contributed by atoms with Gasteiger partial charge in [-0.3, -0.25) is 4.79 Å². The number of aromatic nitrogens is 1. The number of aliphatic hydroxyl groups is 1. The Morgan fingerprint density at radius 3 is 2.56 bits per heavy atom. The zero-order valence-corrected chi connectivity index (χ0v) is 16.7. The van der Waals surface area contributed by atoms with Gasteiger partial charge in [-0.2, -0.15) is 10.1 Å². The molecule has 1 aromatic heterocycles. The lowest BCUT2D eigenvalue weighted by Crippen LogP contribution is -2.51. The van der Waals surface area contributed by atoms with E-state index < -0.39 is 36.6 Å². The number of hydrogen-bond acceptors (Lipinski definition) is 5. The monoisotopic (exact) mass is 447 g/mol. The summed E-state index contributed by atoms with van der Waals surface area (Å²) in [4.78, 5) is 17.8. The zero-order chi connectivity index (χ0) is 23.0. The summed E-state index contributed by atoms with van der Waals surface area (Å²) in [6, 6.07) is 14.6. The maximum absolute atomic E-state index is 13.6. The largest absolute Gasteiger partial charge is 0.497 e. The maximum Gasteiger partial charge on any atom is 0.287 e. The van der Waals surface area contributed by atoms with Crippen LogP contribution in [0.25, 0.3) is 22.2 Å². The number of amides is 1. The van der Waals surface area contributed by atoms with E-state index in [0.717, 1.165) is 0 Å². The molecular formula is C22H17F4N3O3. The van der Waals surface area contributed by atoms with Gasteiger partial charge in [-0.15, -0.1) is 0 Å². The van der Waals surface area contributed by atoms with Gasteiger partial charge in [0.1, 0.15) is 11.5 Å². The van der Waals surface area contributed by atoms with Gasteiger partial charge in [0.15, 0.2) is 0 Å². The number of hydrogen-bond donors (Lipinski definition) is 1. The molecule has 1 amide bonds. The topological polar surface area (TPSA) is 75.0 Å². The van der Waals surface area contributed by atoms with E-state index in [0.29, 0.717) is 27.9 Å². The average molecular weight is 447 g/mol. The van der Waals surface area contributed by atoms with Crippen LogP contribution in [0.15, 0.2) is 59.7 Å². The molecule has 32 heavy (non-hydrogen) atoms. The smallest absolute Gasteiger partial charge is 0.287 e. The predicted molar refractivity (Wildman–Crippen MR) is 109 cm³/mol. The second-order valence-electron chi connectivity index (χ2n) is 7.17. The summed E-state index contributed by atoms with van der Waals surface area (Å²) in [7, 11) is 1.49. The fraction of sp³-hybridized carbons (Fsp3) is 0.227. The lowest BCUT2D eigenvalue weighted by Gasteiger charge is -2.30. The van der Waals surface area contributed by atoms with Crippen LogP contribution >= 0.6 is 0 Å². The summed E-state index contributed by atoms with van der Waals surface area (Å²) in [5, 5.41) is 14.1. The summed E-state index contributed by atoms with van der Waals surface area (Å²) >= 11 is 0. The number of nitrogens with zero attached hydrogens (tertiary/aromatic N) is 3. The quantitative estimate of drug-likeness (QED) is 0.591. The highest BCUT2D eigenvalue weighted by molar-refractivity contribution is 6.08. The minimum absolute atomic E-state index is 0.0519. The number of ether oxygens (including phenoxy) is 1. The summed E-state index contributed by atoms with van der Waals surface area (Å²) in [5.74, 6) is -0.616. The lowest BCUT2D eigenvalue weighted by atomic mass is 10.0.